The van der Waals surface area contributed by atoms with E-state index in [1.54, 1.807) is 19.4 Å². The number of furan rings is 1. The maximum absolute atomic E-state index is 9.17. The van der Waals surface area contributed by atoms with Crippen molar-refractivity contribution < 1.29 is 18.8 Å². The van der Waals surface area contributed by atoms with Gasteiger partial charge < -0.3 is 24.1 Å². The number of aromatic nitrogens is 3. The molecule has 0 amide bonds. The maximum atomic E-state index is 9.17. The molecule has 0 spiro atoms. The zero-order chi connectivity index (χ0) is 20.1. The molecule has 1 aliphatic rings. The molecule has 1 fully saturated rings. The van der Waals surface area contributed by atoms with E-state index >= 15 is 0 Å². The molecule has 1 saturated heterocycles. The van der Waals surface area contributed by atoms with E-state index in [1.807, 2.05) is 18.2 Å². The lowest BCUT2D eigenvalue weighted by atomic mass is 10.2. The summed E-state index contributed by atoms with van der Waals surface area (Å²) in [6, 6.07) is 7.56. The quantitative estimate of drug-likeness (QED) is 0.525. The second-order valence-electron chi connectivity index (χ2n) is 6.96. The van der Waals surface area contributed by atoms with Crippen molar-refractivity contribution >= 4 is 5.82 Å². The van der Waals surface area contributed by atoms with E-state index in [1.165, 1.54) is 0 Å². The van der Waals surface area contributed by atoms with Gasteiger partial charge in [-0.2, -0.15) is 4.98 Å². The first kappa shape index (κ1) is 19.6. The van der Waals surface area contributed by atoms with Gasteiger partial charge in [0.25, 0.3) is 0 Å². The molecule has 0 aliphatic carbocycles. The van der Waals surface area contributed by atoms with Crippen LogP contribution in [0.25, 0.3) is 11.4 Å². The highest BCUT2D eigenvalue weighted by Gasteiger charge is 2.31. The van der Waals surface area contributed by atoms with Crippen molar-refractivity contribution in [3.8, 4) is 11.4 Å². The highest BCUT2D eigenvalue weighted by molar-refractivity contribution is 5.55. The van der Waals surface area contributed by atoms with E-state index in [0.717, 1.165) is 36.5 Å². The lowest BCUT2D eigenvalue weighted by Gasteiger charge is -2.19. The van der Waals surface area contributed by atoms with E-state index in [4.69, 9.17) is 18.8 Å². The molecule has 154 valence electrons. The van der Waals surface area contributed by atoms with E-state index in [-0.39, 0.29) is 12.6 Å². The number of ether oxygens (including phenoxy) is 1. The fourth-order valence-corrected chi connectivity index (χ4v) is 3.49. The Morgan fingerprint density at radius 2 is 2.17 bits per heavy atom. The van der Waals surface area contributed by atoms with Gasteiger partial charge in [-0.05, 0) is 43.7 Å². The van der Waals surface area contributed by atoms with Gasteiger partial charge in [-0.15, -0.1) is 0 Å². The highest BCUT2D eigenvalue weighted by atomic mass is 16.5. The Morgan fingerprint density at radius 3 is 2.93 bits per heavy atom. The second-order valence-corrected chi connectivity index (χ2v) is 6.96. The molecule has 9 heteroatoms. The van der Waals surface area contributed by atoms with Crippen LogP contribution in [0.2, 0.25) is 0 Å². The van der Waals surface area contributed by atoms with Crippen LogP contribution in [0, 0.1) is 0 Å². The Bertz CT molecular complexity index is 908. The third-order valence-electron chi connectivity index (χ3n) is 4.96. The van der Waals surface area contributed by atoms with Crippen LogP contribution in [-0.4, -0.2) is 51.9 Å². The molecule has 0 radical (unpaired) electrons. The van der Waals surface area contributed by atoms with Crippen LogP contribution in [0.5, 0.6) is 0 Å². The summed E-state index contributed by atoms with van der Waals surface area (Å²) in [5.41, 5.74) is 0.806. The van der Waals surface area contributed by atoms with Crippen LogP contribution in [0.1, 0.15) is 36.3 Å². The van der Waals surface area contributed by atoms with Gasteiger partial charge in [-0.1, -0.05) is 5.16 Å². The lowest BCUT2D eigenvalue weighted by molar-refractivity contribution is 0.182. The second kappa shape index (κ2) is 9.17. The van der Waals surface area contributed by atoms with E-state index in [0.29, 0.717) is 37.2 Å². The number of methoxy groups -OCH3 is 1. The first-order chi connectivity index (χ1) is 14.3. The minimum atomic E-state index is -0.0921. The zero-order valence-electron chi connectivity index (χ0n) is 16.4. The van der Waals surface area contributed by atoms with Gasteiger partial charge in [0.05, 0.1) is 19.2 Å². The topological polar surface area (TPSA) is 110 Å². The van der Waals surface area contributed by atoms with Crippen molar-refractivity contribution in [2.24, 2.45) is 0 Å². The minimum Gasteiger partial charge on any atom is -0.462 e. The predicted octanol–water partition coefficient (Wildman–Crippen LogP) is 2.61. The minimum absolute atomic E-state index is 0.0573. The summed E-state index contributed by atoms with van der Waals surface area (Å²) in [6.45, 7) is 2.80. The third-order valence-corrected chi connectivity index (χ3v) is 4.96. The fourth-order valence-electron chi connectivity index (χ4n) is 3.49. The van der Waals surface area contributed by atoms with Gasteiger partial charge in [-0.25, -0.2) is 4.98 Å². The number of nitrogens with one attached hydrogen (secondary N) is 1. The molecule has 0 unspecified atom stereocenters. The summed E-state index contributed by atoms with van der Waals surface area (Å²) < 4.78 is 16.2. The number of hydrogen-bond acceptors (Lipinski definition) is 9. The van der Waals surface area contributed by atoms with Gasteiger partial charge in [0.2, 0.25) is 11.7 Å². The van der Waals surface area contributed by atoms with Crippen LogP contribution in [0.15, 0.2) is 39.4 Å². The van der Waals surface area contributed by atoms with Gasteiger partial charge in [0.1, 0.15) is 23.9 Å². The number of pyridine rings is 1. The molecule has 3 aromatic heterocycles. The van der Waals surface area contributed by atoms with Gasteiger partial charge >= 0.3 is 0 Å². The first-order valence-electron chi connectivity index (χ1n) is 9.72. The molecule has 3 aromatic rings. The molecule has 4 rings (SSSR count). The molecule has 2 N–H and O–H groups in total. The number of hydrogen-bond donors (Lipinski definition) is 2. The smallest absolute Gasteiger partial charge is 0.244 e. The van der Waals surface area contributed by atoms with Crippen molar-refractivity contribution in [2.75, 3.05) is 32.1 Å². The Kier molecular flexibility index (Phi) is 6.18. The number of aliphatic hydroxyl groups is 1. The summed E-state index contributed by atoms with van der Waals surface area (Å²) in [5, 5.41) is 16.5. The average molecular weight is 399 g/mol. The molecule has 9 nitrogen and oxygen atoms in total. The van der Waals surface area contributed by atoms with Crippen LogP contribution in [-0.2, 0) is 17.9 Å². The van der Waals surface area contributed by atoms with Crippen molar-refractivity contribution in [2.45, 2.75) is 32.0 Å². The third kappa shape index (κ3) is 4.64. The molecule has 0 saturated carbocycles. The summed E-state index contributed by atoms with van der Waals surface area (Å²) in [4.78, 5) is 11.3. The van der Waals surface area contributed by atoms with E-state index in [9.17, 15) is 0 Å². The molecule has 0 aromatic carbocycles. The Labute approximate surface area is 168 Å². The molecular weight excluding hydrogens is 374 g/mol. The van der Waals surface area contributed by atoms with Crippen LogP contribution >= 0.6 is 0 Å². The standard InChI is InChI=1S/C20H25N5O4/c1-27-10-8-21-18-7-4-14(11-22-18)19-23-20(29-24-19)17-3-2-9-25(17)12-15-5-6-16(13-26)28-15/h4-7,11,17,26H,2-3,8-10,12-13H2,1H3,(H,21,22)/t17-/m1/s1. The molecule has 4 heterocycles. The Morgan fingerprint density at radius 1 is 1.28 bits per heavy atom. The predicted molar refractivity (Wildman–Crippen MR) is 105 cm³/mol. The van der Waals surface area contributed by atoms with Crippen molar-refractivity contribution in [1.82, 2.24) is 20.0 Å². The van der Waals surface area contributed by atoms with Gasteiger partial charge in [0.15, 0.2) is 0 Å². The largest absolute Gasteiger partial charge is 0.462 e. The Hall–Kier alpha value is -2.75. The SMILES string of the molecule is COCCNc1ccc(-c2noc([C@H]3CCCN3Cc3ccc(CO)o3)n2)cn1. The monoisotopic (exact) mass is 399 g/mol. The normalized spacial score (nSPS) is 17.1. The summed E-state index contributed by atoms with van der Waals surface area (Å²) in [7, 11) is 1.67. The number of aliphatic hydroxyl groups excluding tert-OH is 1. The number of nitrogens with zero attached hydrogens (tertiary/aromatic N) is 4. The number of rotatable bonds is 9. The number of likely N-dealkylation sites (tertiary alicyclic amines) is 1. The summed E-state index contributed by atoms with van der Waals surface area (Å²) in [6.07, 6.45) is 3.74. The molecular formula is C20H25N5O4. The van der Waals surface area contributed by atoms with Crippen LogP contribution in [0.3, 0.4) is 0 Å². The molecule has 1 aliphatic heterocycles. The van der Waals surface area contributed by atoms with Crippen molar-refractivity contribution in [3.05, 3.63) is 47.9 Å². The average Bonchev–Trinajstić information content (AvgIpc) is 3.50. The van der Waals surface area contributed by atoms with Gasteiger partial charge in [0, 0.05) is 25.4 Å². The maximum Gasteiger partial charge on any atom is 0.244 e. The summed E-state index contributed by atoms with van der Waals surface area (Å²) >= 11 is 0. The van der Waals surface area contributed by atoms with Gasteiger partial charge in [-0.3, -0.25) is 4.90 Å². The molecule has 1 atom stereocenters. The van der Waals surface area contributed by atoms with E-state index < -0.39 is 0 Å². The summed E-state index contributed by atoms with van der Waals surface area (Å²) in [5.74, 6) is 3.30. The zero-order valence-corrected chi connectivity index (χ0v) is 16.4. The van der Waals surface area contributed by atoms with Crippen LogP contribution < -0.4 is 5.32 Å². The highest BCUT2D eigenvalue weighted by Crippen LogP contribution is 2.33. The number of anilines is 1. The van der Waals surface area contributed by atoms with Crippen molar-refractivity contribution in [1.29, 1.82) is 0 Å². The lowest BCUT2D eigenvalue weighted by Crippen LogP contribution is -2.22. The molecule has 29 heavy (non-hydrogen) atoms. The Balaban J connectivity index is 1.42. The molecule has 0 bridgehead atoms. The van der Waals surface area contributed by atoms with Crippen LogP contribution in [0.4, 0.5) is 5.82 Å². The first-order valence-corrected chi connectivity index (χ1v) is 9.72. The fraction of sp³-hybridized carbons (Fsp3) is 0.450. The van der Waals surface area contributed by atoms with E-state index in [2.05, 4.69) is 25.3 Å². The van der Waals surface area contributed by atoms with Crippen molar-refractivity contribution in [3.63, 3.8) is 0 Å².